The maximum absolute atomic E-state index is 13.5. The minimum atomic E-state index is -0.665. The fourth-order valence-electron chi connectivity index (χ4n) is 2.61. The molecule has 0 radical (unpaired) electrons. The predicted molar refractivity (Wildman–Crippen MR) is 97.1 cm³/mol. The van der Waals surface area contributed by atoms with Gasteiger partial charge in [0.1, 0.15) is 11.6 Å². The zero-order chi connectivity index (χ0) is 19.3. The summed E-state index contributed by atoms with van der Waals surface area (Å²) < 4.78 is 26.5. The fourth-order valence-corrected chi connectivity index (χ4v) is 2.61. The van der Waals surface area contributed by atoms with E-state index in [0.717, 1.165) is 40.6 Å². The number of hydrogen-bond donors (Lipinski definition) is 3. The van der Waals surface area contributed by atoms with E-state index in [-0.39, 0.29) is 24.7 Å². The molecule has 5 nitrogen and oxygen atoms in total. The number of amides is 2. The van der Waals surface area contributed by atoms with E-state index in [0.29, 0.717) is 0 Å². The molecular formula is C19H21F2N3O2. The van der Waals surface area contributed by atoms with E-state index in [2.05, 4.69) is 16.0 Å². The number of rotatable bonds is 6. The van der Waals surface area contributed by atoms with Crippen molar-refractivity contribution in [2.75, 3.05) is 23.7 Å². The SMILES string of the molecule is Cc1cc(C)c(NC(=O)CNC(=O)CNc2cc(F)ccc2F)c(C)c1. The summed E-state index contributed by atoms with van der Waals surface area (Å²) in [6.07, 6.45) is 0. The molecule has 0 aliphatic heterocycles. The summed E-state index contributed by atoms with van der Waals surface area (Å²) in [5.41, 5.74) is 3.57. The molecule has 26 heavy (non-hydrogen) atoms. The van der Waals surface area contributed by atoms with Gasteiger partial charge in [0.2, 0.25) is 11.8 Å². The van der Waals surface area contributed by atoms with Crippen LogP contribution >= 0.6 is 0 Å². The average molecular weight is 361 g/mol. The van der Waals surface area contributed by atoms with E-state index in [1.54, 1.807) is 0 Å². The second-order valence-corrected chi connectivity index (χ2v) is 6.08. The van der Waals surface area contributed by atoms with Gasteiger partial charge in [-0.05, 0) is 50.1 Å². The molecule has 138 valence electrons. The van der Waals surface area contributed by atoms with Crippen LogP contribution in [0, 0.1) is 32.4 Å². The standard InChI is InChI=1S/C19H21F2N3O2/c1-11-6-12(2)19(13(3)7-11)24-18(26)10-23-17(25)9-22-16-8-14(20)4-5-15(16)21/h4-8,22H,9-10H2,1-3H3,(H,23,25)(H,24,26). The van der Waals surface area contributed by atoms with Crippen molar-refractivity contribution in [2.45, 2.75) is 20.8 Å². The lowest BCUT2D eigenvalue weighted by Gasteiger charge is -2.13. The van der Waals surface area contributed by atoms with Crippen LogP contribution in [0.5, 0.6) is 0 Å². The van der Waals surface area contributed by atoms with E-state index in [1.807, 2.05) is 32.9 Å². The van der Waals surface area contributed by atoms with Crippen molar-refractivity contribution < 1.29 is 18.4 Å². The maximum Gasteiger partial charge on any atom is 0.243 e. The molecule has 0 bridgehead atoms. The number of hydrogen-bond acceptors (Lipinski definition) is 3. The lowest BCUT2D eigenvalue weighted by molar-refractivity contribution is -0.122. The zero-order valence-electron chi connectivity index (χ0n) is 14.9. The Hall–Kier alpha value is -2.96. The number of halogens is 2. The van der Waals surface area contributed by atoms with Gasteiger partial charge in [0.05, 0.1) is 18.8 Å². The van der Waals surface area contributed by atoms with Gasteiger partial charge in [-0.25, -0.2) is 8.78 Å². The molecule has 0 fully saturated rings. The van der Waals surface area contributed by atoms with Gasteiger partial charge in [-0.15, -0.1) is 0 Å². The number of nitrogens with one attached hydrogen (secondary N) is 3. The lowest BCUT2D eigenvalue weighted by Crippen LogP contribution is -2.36. The van der Waals surface area contributed by atoms with Crippen LogP contribution in [0.1, 0.15) is 16.7 Å². The van der Waals surface area contributed by atoms with E-state index >= 15 is 0 Å². The molecule has 0 aliphatic carbocycles. The highest BCUT2D eigenvalue weighted by atomic mass is 19.1. The van der Waals surface area contributed by atoms with E-state index in [4.69, 9.17) is 0 Å². The van der Waals surface area contributed by atoms with Gasteiger partial charge in [0.25, 0.3) is 0 Å². The minimum absolute atomic E-state index is 0.115. The molecule has 0 spiro atoms. The monoisotopic (exact) mass is 361 g/mol. The molecular weight excluding hydrogens is 340 g/mol. The Labute approximate surface area is 150 Å². The number of anilines is 2. The van der Waals surface area contributed by atoms with Gasteiger partial charge in [0.15, 0.2) is 0 Å². The highest BCUT2D eigenvalue weighted by molar-refractivity contribution is 5.96. The first-order valence-electron chi connectivity index (χ1n) is 8.09. The highest BCUT2D eigenvalue weighted by Gasteiger charge is 2.11. The van der Waals surface area contributed by atoms with Crippen LogP contribution in [0.3, 0.4) is 0 Å². The Balaban J connectivity index is 1.84. The van der Waals surface area contributed by atoms with Gasteiger partial charge < -0.3 is 16.0 Å². The number of carbonyl (C=O) groups excluding carboxylic acids is 2. The quantitative estimate of drug-likeness (QED) is 0.741. The van der Waals surface area contributed by atoms with Gasteiger partial charge in [-0.2, -0.15) is 0 Å². The van der Waals surface area contributed by atoms with Crippen molar-refractivity contribution in [1.29, 1.82) is 0 Å². The Morgan fingerprint density at radius 2 is 1.58 bits per heavy atom. The van der Waals surface area contributed by atoms with Crippen molar-refractivity contribution in [3.63, 3.8) is 0 Å². The van der Waals surface area contributed by atoms with Crippen molar-refractivity contribution >= 4 is 23.2 Å². The summed E-state index contributed by atoms with van der Waals surface area (Å²) in [5.74, 6) is -2.16. The second-order valence-electron chi connectivity index (χ2n) is 6.08. The van der Waals surface area contributed by atoms with Crippen LogP contribution in [0.15, 0.2) is 30.3 Å². The van der Waals surface area contributed by atoms with Gasteiger partial charge in [0, 0.05) is 5.69 Å². The predicted octanol–water partition coefficient (Wildman–Crippen LogP) is 3.06. The molecule has 2 rings (SSSR count). The van der Waals surface area contributed by atoms with Gasteiger partial charge >= 0.3 is 0 Å². The molecule has 0 saturated carbocycles. The summed E-state index contributed by atoms with van der Waals surface area (Å²) in [7, 11) is 0. The van der Waals surface area contributed by atoms with Crippen molar-refractivity contribution in [3.8, 4) is 0 Å². The summed E-state index contributed by atoms with van der Waals surface area (Å²) in [5, 5.41) is 7.69. The third kappa shape index (κ3) is 5.27. The van der Waals surface area contributed by atoms with E-state index < -0.39 is 17.5 Å². The first-order valence-corrected chi connectivity index (χ1v) is 8.09. The third-order valence-electron chi connectivity index (χ3n) is 3.76. The molecule has 2 aromatic carbocycles. The zero-order valence-corrected chi connectivity index (χ0v) is 14.9. The minimum Gasteiger partial charge on any atom is -0.374 e. The summed E-state index contributed by atoms with van der Waals surface area (Å²) >= 11 is 0. The van der Waals surface area contributed by atoms with Crippen LogP contribution in [-0.4, -0.2) is 24.9 Å². The van der Waals surface area contributed by atoms with Crippen LogP contribution in [0.25, 0.3) is 0 Å². The van der Waals surface area contributed by atoms with Crippen LogP contribution in [0.2, 0.25) is 0 Å². The Kier molecular flexibility index (Phi) is 6.27. The molecule has 0 aromatic heterocycles. The van der Waals surface area contributed by atoms with Crippen LogP contribution in [-0.2, 0) is 9.59 Å². The third-order valence-corrected chi connectivity index (χ3v) is 3.76. The highest BCUT2D eigenvalue weighted by Crippen LogP contribution is 2.21. The molecule has 3 N–H and O–H groups in total. The molecule has 0 aliphatic rings. The molecule has 2 aromatic rings. The number of benzene rings is 2. The molecule has 0 heterocycles. The maximum atomic E-state index is 13.5. The van der Waals surface area contributed by atoms with E-state index in [1.165, 1.54) is 0 Å². The topological polar surface area (TPSA) is 70.2 Å². The molecule has 7 heteroatoms. The van der Waals surface area contributed by atoms with Crippen molar-refractivity contribution in [2.24, 2.45) is 0 Å². The number of carbonyl (C=O) groups is 2. The van der Waals surface area contributed by atoms with Crippen LogP contribution < -0.4 is 16.0 Å². The normalized spacial score (nSPS) is 10.3. The first kappa shape index (κ1) is 19.4. The molecule has 0 saturated heterocycles. The largest absolute Gasteiger partial charge is 0.374 e. The molecule has 0 atom stereocenters. The van der Waals surface area contributed by atoms with Gasteiger partial charge in [-0.3, -0.25) is 9.59 Å². The Bertz CT molecular complexity index is 815. The van der Waals surface area contributed by atoms with Gasteiger partial charge in [-0.1, -0.05) is 17.7 Å². The van der Waals surface area contributed by atoms with Crippen LogP contribution in [0.4, 0.5) is 20.2 Å². The lowest BCUT2D eigenvalue weighted by atomic mass is 10.1. The first-order chi connectivity index (χ1) is 12.3. The average Bonchev–Trinajstić information content (AvgIpc) is 2.57. The summed E-state index contributed by atoms with van der Waals surface area (Å²) in [6, 6.07) is 6.82. The smallest absolute Gasteiger partial charge is 0.243 e. The summed E-state index contributed by atoms with van der Waals surface area (Å²) in [6.45, 7) is 5.26. The van der Waals surface area contributed by atoms with Crippen molar-refractivity contribution in [3.05, 3.63) is 58.7 Å². The Morgan fingerprint density at radius 3 is 2.23 bits per heavy atom. The Morgan fingerprint density at radius 1 is 0.923 bits per heavy atom. The molecule has 2 amide bonds. The van der Waals surface area contributed by atoms with Crippen molar-refractivity contribution in [1.82, 2.24) is 5.32 Å². The van der Waals surface area contributed by atoms with E-state index in [9.17, 15) is 18.4 Å². The number of aryl methyl sites for hydroxylation is 3. The second kappa shape index (κ2) is 8.42. The molecule has 0 unspecified atom stereocenters. The fraction of sp³-hybridized carbons (Fsp3) is 0.263. The summed E-state index contributed by atoms with van der Waals surface area (Å²) in [4.78, 5) is 23.8.